The lowest BCUT2D eigenvalue weighted by Gasteiger charge is -2.31. The number of aromatic carboxylic acids is 1. The summed E-state index contributed by atoms with van der Waals surface area (Å²) in [4.78, 5) is 13.2. The van der Waals surface area contributed by atoms with Crippen LogP contribution >= 0.6 is 0 Å². The molecule has 0 amide bonds. The monoisotopic (exact) mass is 264 g/mol. The van der Waals surface area contributed by atoms with Crippen LogP contribution in [0.25, 0.3) is 0 Å². The van der Waals surface area contributed by atoms with Gasteiger partial charge in [-0.25, -0.2) is 4.79 Å². The van der Waals surface area contributed by atoms with Crippen molar-refractivity contribution < 1.29 is 15.0 Å². The number of nitrogen functional groups attached to an aromatic ring is 1. The highest BCUT2D eigenvalue weighted by molar-refractivity contribution is 5.94. The largest absolute Gasteiger partial charge is 0.478 e. The molecule has 19 heavy (non-hydrogen) atoms. The number of hydrogen-bond acceptors (Lipinski definition) is 4. The first-order valence-corrected chi connectivity index (χ1v) is 6.64. The minimum atomic E-state index is -1.02. The highest BCUT2D eigenvalue weighted by Gasteiger charge is 2.23. The van der Waals surface area contributed by atoms with Crippen molar-refractivity contribution in [3.05, 3.63) is 23.8 Å². The molecule has 1 fully saturated rings. The number of aliphatic hydroxyl groups excluding tert-OH is 1. The van der Waals surface area contributed by atoms with Gasteiger partial charge in [0.1, 0.15) is 0 Å². The Morgan fingerprint density at radius 3 is 2.63 bits per heavy atom. The van der Waals surface area contributed by atoms with E-state index in [0.717, 1.165) is 18.5 Å². The van der Waals surface area contributed by atoms with Crippen molar-refractivity contribution in [2.75, 3.05) is 23.8 Å². The minimum Gasteiger partial charge on any atom is -0.478 e. The van der Waals surface area contributed by atoms with Gasteiger partial charge in [-0.15, -0.1) is 0 Å². The fourth-order valence-corrected chi connectivity index (χ4v) is 2.75. The van der Waals surface area contributed by atoms with Crippen molar-refractivity contribution in [1.29, 1.82) is 0 Å². The van der Waals surface area contributed by atoms with Gasteiger partial charge >= 0.3 is 5.97 Å². The van der Waals surface area contributed by atoms with Crippen LogP contribution < -0.4 is 10.6 Å². The fraction of sp³-hybridized carbons (Fsp3) is 0.500. The molecule has 1 saturated carbocycles. The molecule has 104 valence electrons. The van der Waals surface area contributed by atoms with Gasteiger partial charge in [0.05, 0.1) is 12.2 Å². The Morgan fingerprint density at radius 2 is 2.05 bits per heavy atom. The Kier molecular flexibility index (Phi) is 4.27. The lowest BCUT2D eigenvalue weighted by Crippen LogP contribution is -2.35. The van der Waals surface area contributed by atoms with Gasteiger partial charge in [-0.3, -0.25) is 0 Å². The van der Waals surface area contributed by atoms with Crippen LogP contribution in [0, 0.1) is 0 Å². The van der Waals surface area contributed by atoms with E-state index in [4.69, 9.17) is 10.8 Å². The smallest absolute Gasteiger partial charge is 0.337 e. The number of nitrogens with zero attached hydrogens (tertiary/aromatic N) is 1. The zero-order chi connectivity index (χ0) is 13.8. The molecule has 2 rings (SSSR count). The van der Waals surface area contributed by atoms with Crippen LogP contribution in [-0.2, 0) is 0 Å². The van der Waals surface area contributed by atoms with E-state index >= 15 is 0 Å². The molecule has 5 nitrogen and oxygen atoms in total. The Bertz CT molecular complexity index is 456. The lowest BCUT2D eigenvalue weighted by atomic mass is 10.1. The van der Waals surface area contributed by atoms with E-state index in [0.29, 0.717) is 12.6 Å². The Morgan fingerprint density at radius 1 is 1.37 bits per heavy atom. The maximum absolute atomic E-state index is 11.1. The number of hydrogen-bond donors (Lipinski definition) is 3. The van der Waals surface area contributed by atoms with Crippen LogP contribution in [0.2, 0.25) is 0 Å². The fourth-order valence-electron chi connectivity index (χ4n) is 2.75. The predicted molar refractivity (Wildman–Crippen MR) is 74.5 cm³/mol. The molecule has 0 spiro atoms. The predicted octanol–water partition coefficient (Wildman–Crippen LogP) is 1.71. The minimum absolute atomic E-state index is 0.0588. The Labute approximate surface area is 112 Å². The molecule has 1 aromatic rings. The summed E-state index contributed by atoms with van der Waals surface area (Å²) < 4.78 is 0. The first-order chi connectivity index (χ1) is 9.13. The van der Waals surface area contributed by atoms with Gasteiger partial charge in [0.15, 0.2) is 0 Å². The van der Waals surface area contributed by atoms with Crippen molar-refractivity contribution in [2.24, 2.45) is 0 Å². The van der Waals surface area contributed by atoms with Crippen molar-refractivity contribution in [3.8, 4) is 0 Å². The lowest BCUT2D eigenvalue weighted by molar-refractivity contribution is 0.0698. The number of benzene rings is 1. The number of carboxylic acids is 1. The van der Waals surface area contributed by atoms with Gasteiger partial charge in [-0.1, -0.05) is 12.8 Å². The number of carbonyl (C=O) groups is 1. The normalized spacial score (nSPS) is 15.6. The highest BCUT2D eigenvalue weighted by Crippen LogP contribution is 2.29. The van der Waals surface area contributed by atoms with Crippen LogP contribution in [0.3, 0.4) is 0 Å². The first-order valence-electron chi connectivity index (χ1n) is 6.64. The van der Waals surface area contributed by atoms with E-state index in [1.165, 1.54) is 12.8 Å². The highest BCUT2D eigenvalue weighted by atomic mass is 16.4. The van der Waals surface area contributed by atoms with Crippen molar-refractivity contribution in [1.82, 2.24) is 0 Å². The summed E-state index contributed by atoms with van der Waals surface area (Å²) in [5.41, 5.74) is 6.89. The van der Waals surface area contributed by atoms with Gasteiger partial charge in [0.2, 0.25) is 0 Å². The number of carboxylic acid groups (broad SMARTS) is 1. The summed E-state index contributed by atoms with van der Waals surface area (Å²) >= 11 is 0. The molecular weight excluding hydrogens is 244 g/mol. The SMILES string of the molecule is Nc1ccc(N(CCO)C2CCCC2)cc1C(=O)O. The standard InChI is InChI=1S/C14H20N2O3/c15-13-6-5-11(9-12(13)14(18)19)16(7-8-17)10-3-1-2-4-10/h5-6,9-10,17H,1-4,7-8,15H2,(H,18,19). The number of anilines is 2. The van der Waals surface area contributed by atoms with Gasteiger partial charge < -0.3 is 20.8 Å². The molecule has 0 radical (unpaired) electrons. The average molecular weight is 264 g/mol. The van der Waals surface area contributed by atoms with Crippen molar-refractivity contribution in [3.63, 3.8) is 0 Å². The van der Waals surface area contributed by atoms with Crippen LogP contribution in [0.4, 0.5) is 11.4 Å². The second-order valence-corrected chi connectivity index (χ2v) is 4.93. The number of aliphatic hydroxyl groups is 1. The van der Waals surface area contributed by atoms with Crippen LogP contribution in [-0.4, -0.2) is 35.4 Å². The van der Waals surface area contributed by atoms with Gasteiger partial charge in [-0.05, 0) is 31.0 Å². The summed E-state index contributed by atoms with van der Waals surface area (Å²) in [7, 11) is 0. The molecule has 5 heteroatoms. The molecule has 4 N–H and O–H groups in total. The van der Waals surface area contributed by atoms with E-state index < -0.39 is 5.97 Å². The van der Waals surface area contributed by atoms with Crippen LogP contribution in [0.1, 0.15) is 36.0 Å². The van der Waals surface area contributed by atoms with E-state index in [2.05, 4.69) is 4.90 Å². The van der Waals surface area contributed by atoms with Crippen LogP contribution in [0.5, 0.6) is 0 Å². The summed E-state index contributed by atoms with van der Waals surface area (Å²) in [6.45, 7) is 0.580. The molecule has 0 bridgehead atoms. The summed E-state index contributed by atoms with van der Waals surface area (Å²) in [5.74, 6) is -1.02. The summed E-state index contributed by atoms with van der Waals surface area (Å²) in [6, 6.07) is 5.44. The quantitative estimate of drug-likeness (QED) is 0.705. The topological polar surface area (TPSA) is 86.8 Å². The average Bonchev–Trinajstić information content (AvgIpc) is 2.90. The third-order valence-corrected chi connectivity index (χ3v) is 3.71. The van der Waals surface area contributed by atoms with Crippen molar-refractivity contribution >= 4 is 17.3 Å². The van der Waals surface area contributed by atoms with E-state index in [-0.39, 0.29) is 17.9 Å². The maximum Gasteiger partial charge on any atom is 0.337 e. The molecule has 0 aliphatic heterocycles. The molecule has 1 aliphatic carbocycles. The molecule has 0 saturated heterocycles. The molecule has 0 aromatic heterocycles. The first kappa shape index (κ1) is 13.7. The molecule has 0 unspecified atom stereocenters. The second kappa shape index (κ2) is 5.93. The third-order valence-electron chi connectivity index (χ3n) is 3.71. The maximum atomic E-state index is 11.1. The molecule has 0 heterocycles. The summed E-state index contributed by atoms with van der Waals surface area (Å²) in [5, 5.41) is 18.3. The van der Waals surface area contributed by atoms with Crippen molar-refractivity contribution in [2.45, 2.75) is 31.7 Å². The Balaban J connectivity index is 2.30. The molecule has 1 aliphatic rings. The molecule has 1 aromatic carbocycles. The van der Waals surface area contributed by atoms with Gasteiger partial charge in [0.25, 0.3) is 0 Å². The zero-order valence-electron chi connectivity index (χ0n) is 10.9. The van der Waals surface area contributed by atoms with E-state index in [1.54, 1.807) is 12.1 Å². The van der Waals surface area contributed by atoms with Crippen LogP contribution in [0.15, 0.2) is 18.2 Å². The number of rotatable bonds is 5. The van der Waals surface area contributed by atoms with Gasteiger partial charge in [-0.2, -0.15) is 0 Å². The van der Waals surface area contributed by atoms with Gasteiger partial charge in [0, 0.05) is 24.0 Å². The molecule has 0 atom stereocenters. The second-order valence-electron chi connectivity index (χ2n) is 4.93. The summed E-state index contributed by atoms with van der Waals surface area (Å²) in [6.07, 6.45) is 4.56. The van der Waals surface area contributed by atoms with E-state index in [1.807, 2.05) is 6.07 Å². The third kappa shape index (κ3) is 2.98. The zero-order valence-corrected chi connectivity index (χ0v) is 10.9. The van der Waals surface area contributed by atoms with E-state index in [9.17, 15) is 9.90 Å². The molecular formula is C14H20N2O3. The number of nitrogens with two attached hydrogens (primary N) is 1. The Hall–Kier alpha value is -1.75.